The highest BCUT2D eigenvalue weighted by Crippen LogP contribution is 2.38. The monoisotopic (exact) mass is 343 g/mol. The van der Waals surface area contributed by atoms with Gasteiger partial charge in [-0.15, -0.1) is 0 Å². The number of nitrogens with zero attached hydrogens (tertiary/aromatic N) is 2. The lowest BCUT2D eigenvalue weighted by Crippen LogP contribution is -2.56. The van der Waals surface area contributed by atoms with Gasteiger partial charge in [0.1, 0.15) is 5.70 Å². The van der Waals surface area contributed by atoms with E-state index in [9.17, 15) is 19.2 Å². The van der Waals surface area contributed by atoms with Crippen molar-refractivity contribution in [2.24, 2.45) is 0 Å². The summed E-state index contributed by atoms with van der Waals surface area (Å²) >= 11 is 0. The van der Waals surface area contributed by atoms with Crippen molar-refractivity contribution in [3.63, 3.8) is 0 Å². The Balaban J connectivity index is 2.07. The Morgan fingerprint density at radius 3 is 2.60 bits per heavy atom. The van der Waals surface area contributed by atoms with Crippen LogP contribution in [0.4, 0.5) is 5.69 Å². The number of hydrazine groups is 1. The van der Waals surface area contributed by atoms with E-state index >= 15 is 0 Å². The summed E-state index contributed by atoms with van der Waals surface area (Å²) in [6, 6.07) is 6.94. The maximum absolute atomic E-state index is 13.1. The molecule has 1 atom stereocenters. The molecule has 0 aliphatic carbocycles. The molecule has 2 aliphatic rings. The summed E-state index contributed by atoms with van der Waals surface area (Å²) in [6.45, 7) is 3.09. The molecule has 0 radical (unpaired) electrons. The molecule has 1 spiro atoms. The lowest BCUT2D eigenvalue weighted by atomic mass is 9.96. The lowest BCUT2D eigenvalue weighted by Gasteiger charge is -2.30. The second kappa shape index (κ2) is 5.73. The summed E-state index contributed by atoms with van der Waals surface area (Å²) in [6.07, 6.45) is 1.03. The third-order valence-electron chi connectivity index (χ3n) is 4.24. The SMILES string of the molecule is COC(=O)C1=C[C@]2(CC(=O)N(c3cccc(C)c3)C2=O)N(C(C)=O)N1. The van der Waals surface area contributed by atoms with E-state index < -0.39 is 29.2 Å². The molecular weight excluding hydrogens is 326 g/mol. The fourth-order valence-electron chi connectivity index (χ4n) is 3.14. The standard InChI is InChI=1S/C17H17N3O5/c1-10-5-4-6-12(7-10)19-14(22)9-17(16(19)24)8-13(15(23)25-3)18-20(17)11(2)21/h4-8,18H,9H2,1-3H3/t17-/m1/s1. The second-order valence-electron chi connectivity index (χ2n) is 5.99. The number of nitrogens with one attached hydrogen (secondary N) is 1. The number of hydrogen-bond donors (Lipinski definition) is 1. The Kier molecular flexibility index (Phi) is 3.82. The maximum atomic E-state index is 13.1. The van der Waals surface area contributed by atoms with Gasteiger partial charge < -0.3 is 4.74 Å². The number of imide groups is 1. The predicted molar refractivity (Wildman–Crippen MR) is 86.8 cm³/mol. The Morgan fingerprint density at radius 1 is 1.28 bits per heavy atom. The Labute approximate surface area is 144 Å². The van der Waals surface area contributed by atoms with Crippen molar-refractivity contribution in [1.29, 1.82) is 0 Å². The zero-order valence-electron chi connectivity index (χ0n) is 14.0. The first kappa shape index (κ1) is 16.7. The number of carbonyl (C=O) groups excluding carboxylic acids is 4. The van der Waals surface area contributed by atoms with Gasteiger partial charge in [-0.2, -0.15) is 0 Å². The zero-order chi connectivity index (χ0) is 18.4. The van der Waals surface area contributed by atoms with Crippen LogP contribution in [0, 0.1) is 6.92 Å². The predicted octanol–water partition coefficient (Wildman–Crippen LogP) is 0.421. The Morgan fingerprint density at radius 2 is 2.00 bits per heavy atom. The van der Waals surface area contributed by atoms with Gasteiger partial charge in [0, 0.05) is 6.92 Å². The molecule has 0 aromatic heterocycles. The number of hydrogen-bond acceptors (Lipinski definition) is 6. The van der Waals surface area contributed by atoms with Gasteiger partial charge in [-0.25, -0.2) is 14.7 Å². The smallest absolute Gasteiger partial charge is 0.355 e. The van der Waals surface area contributed by atoms with Crippen molar-refractivity contribution in [2.45, 2.75) is 25.8 Å². The van der Waals surface area contributed by atoms with E-state index in [-0.39, 0.29) is 12.1 Å². The molecule has 1 aromatic rings. The summed E-state index contributed by atoms with van der Waals surface area (Å²) in [5, 5.41) is 1.01. The minimum absolute atomic E-state index is 0.0510. The highest BCUT2D eigenvalue weighted by atomic mass is 16.5. The normalized spacial score (nSPS) is 22.3. The molecule has 2 aliphatic heterocycles. The highest BCUT2D eigenvalue weighted by molar-refractivity contribution is 6.26. The third-order valence-corrected chi connectivity index (χ3v) is 4.24. The molecular formula is C17H17N3O5. The van der Waals surface area contributed by atoms with Gasteiger partial charge in [0.25, 0.3) is 5.91 Å². The summed E-state index contributed by atoms with van der Waals surface area (Å²) in [4.78, 5) is 50.5. The molecule has 0 bridgehead atoms. The number of aryl methyl sites for hydroxylation is 1. The van der Waals surface area contributed by atoms with Crippen LogP contribution in [0.3, 0.4) is 0 Å². The molecule has 1 fully saturated rings. The number of esters is 1. The van der Waals surface area contributed by atoms with Gasteiger partial charge in [0.15, 0.2) is 5.54 Å². The van der Waals surface area contributed by atoms with Gasteiger partial charge >= 0.3 is 5.97 Å². The largest absolute Gasteiger partial charge is 0.464 e. The van der Waals surface area contributed by atoms with Crippen LogP contribution in [-0.4, -0.2) is 41.3 Å². The quantitative estimate of drug-likeness (QED) is 0.618. The van der Waals surface area contributed by atoms with Gasteiger partial charge in [-0.3, -0.25) is 19.8 Å². The van der Waals surface area contributed by atoms with Crippen molar-refractivity contribution in [3.05, 3.63) is 41.6 Å². The Bertz CT molecular complexity index is 831. The second-order valence-corrected chi connectivity index (χ2v) is 5.99. The average molecular weight is 343 g/mol. The van der Waals surface area contributed by atoms with Crippen LogP contribution in [0.5, 0.6) is 0 Å². The molecule has 0 saturated carbocycles. The third kappa shape index (κ3) is 2.46. The number of amides is 3. The number of ether oxygens (including phenoxy) is 1. The fraction of sp³-hybridized carbons (Fsp3) is 0.294. The number of methoxy groups -OCH3 is 1. The fourth-order valence-corrected chi connectivity index (χ4v) is 3.14. The van der Waals surface area contributed by atoms with Crippen LogP contribution in [-0.2, 0) is 23.9 Å². The zero-order valence-corrected chi connectivity index (χ0v) is 14.0. The van der Waals surface area contributed by atoms with Crippen LogP contribution >= 0.6 is 0 Å². The molecule has 1 N–H and O–H groups in total. The van der Waals surface area contributed by atoms with Crippen LogP contribution in [0.1, 0.15) is 18.9 Å². The minimum Gasteiger partial charge on any atom is -0.464 e. The summed E-state index contributed by atoms with van der Waals surface area (Å²) in [7, 11) is 1.19. The first-order valence-electron chi connectivity index (χ1n) is 7.63. The summed E-state index contributed by atoms with van der Waals surface area (Å²) in [5.74, 6) is -2.27. The molecule has 8 nitrogen and oxygen atoms in total. The maximum Gasteiger partial charge on any atom is 0.355 e. The molecule has 0 unspecified atom stereocenters. The van der Waals surface area contributed by atoms with Crippen LogP contribution in [0.25, 0.3) is 0 Å². The molecule has 1 saturated heterocycles. The van der Waals surface area contributed by atoms with E-state index in [0.29, 0.717) is 5.69 Å². The average Bonchev–Trinajstić information content (AvgIpc) is 3.06. The topological polar surface area (TPSA) is 96.0 Å². The molecule has 25 heavy (non-hydrogen) atoms. The number of benzene rings is 1. The van der Waals surface area contributed by atoms with Crippen molar-refractivity contribution < 1.29 is 23.9 Å². The highest BCUT2D eigenvalue weighted by Gasteiger charge is 2.59. The summed E-state index contributed by atoms with van der Waals surface area (Å²) in [5.41, 5.74) is 2.27. The van der Waals surface area contributed by atoms with E-state index in [1.807, 2.05) is 13.0 Å². The van der Waals surface area contributed by atoms with Crippen molar-refractivity contribution in [2.75, 3.05) is 12.0 Å². The van der Waals surface area contributed by atoms with E-state index in [0.717, 1.165) is 15.5 Å². The van der Waals surface area contributed by atoms with E-state index in [4.69, 9.17) is 0 Å². The number of carbonyl (C=O) groups is 4. The van der Waals surface area contributed by atoms with Crippen LogP contribution < -0.4 is 10.3 Å². The van der Waals surface area contributed by atoms with Crippen molar-refractivity contribution in [3.8, 4) is 0 Å². The number of rotatable bonds is 2. The molecule has 8 heteroatoms. The van der Waals surface area contributed by atoms with Gasteiger partial charge in [0.2, 0.25) is 11.8 Å². The van der Waals surface area contributed by atoms with Crippen molar-refractivity contribution >= 4 is 29.4 Å². The molecule has 3 rings (SSSR count). The first-order chi connectivity index (χ1) is 11.8. The number of anilines is 1. The lowest BCUT2D eigenvalue weighted by molar-refractivity contribution is -0.143. The van der Waals surface area contributed by atoms with Crippen LogP contribution in [0.2, 0.25) is 0 Å². The van der Waals surface area contributed by atoms with Gasteiger partial charge in [-0.1, -0.05) is 12.1 Å². The van der Waals surface area contributed by atoms with Crippen LogP contribution in [0.15, 0.2) is 36.0 Å². The van der Waals surface area contributed by atoms with E-state index in [1.54, 1.807) is 18.2 Å². The molecule has 2 heterocycles. The molecule has 130 valence electrons. The molecule has 3 amide bonds. The van der Waals surface area contributed by atoms with Gasteiger partial charge in [-0.05, 0) is 30.7 Å². The van der Waals surface area contributed by atoms with E-state index in [2.05, 4.69) is 10.2 Å². The van der Waals surface area contributed by atoms with Gasteiger partial charge in [0.05, 0.1) is 19.2 Å². The van der Waals surface area contributed by atoms with E-state index in [1.165, 1.54) is 20.1 Å². The first-order valence-corrected chi connectivity index (χ1v) is 7.63. The summed E-state index contributed by atoms with van der Waals surface area (Å²) < 4.78 is 4.64. The minimum atomic E-state index is -1.57. The molecule has 1 aromatic carbocycles. The Hall–Kier alpha value is -3.16. The van der Waals surface area contributed by atoms with Crippen molar-refractivity contribution in [1.82, 2.24) is 10.4 Å².